The molecule has 1 aromatic heterocycles. The number of rotatable bonds is 6. The minimum absolute atomic E-state index is 0.328. The number of carbonyl (C=O) groups is 2. The van der Waals surface area contributed by atoms with E-state index in [0.29, 0.717) is 27.7 Å². The quantitative estimate of drug-likeness (QED) is 0.421. The molecule has 0 radical (unpaired) electrons. The molecule has 0 aliphatic heterocycles. The second-order valence-electron chi connectivity index (χ2n) is 5.49. The highest BCUT2D eigenvalue weighted by Crippen LogP contribution is 2.28. The van der Waals surface area contributed by atoms with Gasteiger partial charge in [0, 0.05) is 17.0 Å². The molecule has 0 saturated heterocycles. The second-order valence-corrected chi connectivity index (χ2v) is 7.69. The van der Waals surface area contributed by atoms with Crippen molar-refractivity contribution in [1.29, 1.82) is 5.26 Å². The van der Waals surface area contributed by atoms with E-state index in [1.165, 1.54) is 23.1 Å². The van der Waals surface area contributed by atoms with Gasteiger partial charge in [-0.25, -0.2) is 4.79 Å². The maximum Gasteiger partial charge on any atom is 0.316 e. The lowest BCUT2D eigenvalue weighted by molar-refractivity contribution is 0.102. The Labute approximate surface area is 168 Å². The van der Waals surface area contributed by atoms with Gasteiger partial charge in [-0.15, -0.1) is 10.2 Å². The Hall–Kier alpha value is -3.42. The summed E-state index contributed by atoms with van der Waals surface area (Å²) in [6.07, 6.45) is 0. The van der Waals surface area contributed by atoms with Crippen LogP contribution in [0.25, 0.3) is 0 Å². The van der Waals surface area contributed by atoms with Crippen molar-refractivity contribution < 1.29 is 9.59 Å². The summed E-state index contributed by atoms with van der Waals surface area (Å²) in [6, 6.07) is 15.0. The molecule has 0 saturated carbocycles. The molecule has 1 heterocycles. The zero-order valence-corrected chi connectivity index (χ0v) is 16.0. The van der Waals surface area contributed by atoms with Crippen molar-refractivity contribution in [3.63, 3.8) is 0 Å². The van der Waals surface area contributed by atoms with E-state index in [2.05, 4.69) is 26.9 Å². The predicted molar refractivity (Wildman–Crippen MR) is 108 cm³/mol. The molecule has 2 aromatic carbocycles. The summed E-state index contributed by atoms with van der Waals surface area (Å²) in [4.78, 5) is 23.1. The van der Waals surface area contributed by atoms with Crippen molar-refractivity contribution in [1.82, 2.24) is 10.2 Å². The number of nitrogens with two attached hydrogens (primary N) is 1. The van der Waals surface area contributed by atoms with Crippen LogP contribution in [0.4, 0.5) is 15.6 Å². The van der Waals surface area contributed by atoms with Crippen LogP contribution in [0, 0.1) is 11.3 Å². The third-order valence-electron chi connectivity index (χ3n) is 3.49. The van der Waals surface area contributed by atoms with Gasteiger partial charge >= 0.3 is 6.03 Å². The molecule has 3 amide bonds. The van der Waals surface area contributed by atoms with Gasteiger partial charge in [0.15, 0.2) is 4.34 Å². The molecule has 0 aliphatic rings. The smallest absolute Gasteiger partial charge is 0.316 e. The molecule has 0 unspecified atom stereocenters. The molecule has 8 nitrogen and oxygen atoms in total. The van der Waals surface area contributed by atoms with Gasteiger partial charge < -0.3 is 11.1 Å². The molecule has 140 valence electrons. The van der Waals surface area contributed by atoms with Gasteiger partial charge in [0.25, 0.3) is 5.91 Å². The van der Waals surface area contributed by atoms with Gasteiger partial charge in [0.1, 0.15) is 0 Å². The van der Waals surface area contributed by atoms with Crippen LogP contribution < -0.4 is 16.4 Å². The van der Waals surface area contributed by atoms with Crippen LogP contribution in [-0.4, -0.2) is 22.1 Å². The van der Waals surface area contributed by atoms with Crippen molar-refractivity contribution >= 4 is 45.9 Å². The average molecular weight is 410 g/mol. The van der Waals surface area contributed by atoms with Gasteiger partial charge in [-0.2, -0.15) is 5.26 Å². The van der Waals surface area contributed by atoms with Crippen LogP contribution in [0.2, 0.25) is 0 Å². The Morgan fingerprint density at radius 2 is 1.79 bits per heavy atom. The highest BCUT2D eigenvalue weighted by atomic mass is 32.2. The number of aromatic nitrogens is 2. The third-order valence-corrected chi connectivity index (χ3v) is 5.53. The van der Waals surface area contributed by atoms with E-state index in [0.717, 1.165) is 9.90 Å². The topological polar surface area (TPSA) is 134 Å². The molecule has 3 aromatic rings. The van der Waals surface area contributed by atoms with Gasteiger partial charge in [-0.1, -0.05) is 35.2 Å². The fourth-order valence-corrected chi connectivity index (χ4v) is 3.86. The van der Waals surface area contributed by atoms with E-state index in [1.54, 1.807) is 36.4 Å². The number of hydrogen-bond acceptors (Lipinski definition) is 7. The molecular weight excluding hydrogens is 396 g/mol. The number of anilines is 2. The Kier molecular flexibility index (Phi) is 6.21. The SMILES string of the molecule is N#Cc1ccc(CSc2nnc(NC(=O)c3ccc(NC(N)=O)cc3)s2)cc1. The summed E-state index contributed by atoms with van der Waals surface area (Å²) in [7, 11) is 0. The maximum atomic E-state index is 12.3. The molecule has 28 heavy (non-hydrogen) atoms. The van der Waals surface area contributed by atoms with Crippen molar-refractivity contribution in [2.24, 2.45) is 5.73 Å². The lowest BCUT2D eigenvalue weighted by atomic mass is 10.2. The second kappa shape index (κ2) is 8.98. The maximum absolute atomic E-state index is 12.3. The van der Waals surface area contributed by atoms with Crippen LogP contribution in [0.1, 0.15) is 21.5 Å². The minimum atomic E-state index is -0.669. The summed E-state index contributed by atoms with van der Waals surface area (Å²) < 4.78 is 0.723. The van der Waals surface area contributed by atoms with Gasteiger partial charge in [0.05, 0.1) is 11.6 Å². The Balaban J connectivity index is 1.55. The number of carbonyl (C=O) groups excluding carboxylic acids is 2. The molecule has 0 fully saturated rings. The van der Waals surface area contributed by atoms with E-state index in [1.807, 2.05) is 12.1 Å². The first-order valence-corrected chi connectivity index (χ1v) is 9.77. The monoisotopic (exact) mass is 410 g/mol. The standard InChI is InChI=1S/C18H14N6O2S2/c19-9-11-1-3-12(4-2-11)10-27-18-24-23-17(28-18)22-15(25)13-5-7-14(8-6-13)21-16(20)26/h1-8H,10H2,(H3,20,21,26)(H,22,23,25). The zero-order valence-electron chi connectivity index (χ0n) is 14.4. The molecule has 10 heteroatoms. The zero-order chi connectivity index (χ0) is 19.9. The molecule has 0 spiro atoms. The highest BCUT2D eigenvalue weighted by molar-refractivity contribution is 8.00. The number of nitrogens with zero attached hydrogens (tertiary/aromatic N) is 3. The van der Waals surface area contributed by atoms with E-state index in [4.69, 9.17) is 11.0 Å². The molecule has 0 bridgehead atoms. The van der Waals surface area contributed by atoms with E-state index in [-0.39, 0.29) is 5.91 Å². The van der Waals surface area contributed by atoms with E-state index in [9.17, 15) is 9.59 Å². The lowest BCUT2D eigenvalue weighted by Crippen LogP contribution is -2.19. The third kappa shape index (κ3) is 5.29. The van der Waals surface area contributed by atoms with Gasteiger partial charge in [-0.3, -0.25) is 10.1 Å². The van der Waals surface area contributed by atoms with Gasteiger partial charge in [0.2, 0.25) is 5.13 Å². The number of nitrogens with one attached hydrogen (secondary N) is 2. The molecule has 4 N–H and O–H groups in total. The Morgan fingerprint density at radius 1 is 1.07 bits per heavy atom. The molecule has 0 aliphatic carbocycles. The number of nitriles is 1. The first-order valence-electron chi connectivity index (χ1n) is 7.97. The highest BCUT2D eigenvalue weighted by Gasteiger charge is 2.11. The molecular formula is C18H14N6O2S2. The van der Waals surface area contributed by atoms with Crippen LogP contribution in [-0.2, 0) is 5.75 Å². The lowest BCUT2D eigenvalue weighted by Gasteiger charge is -2.04. The fraction of sp³-hybridized carbons (Fsp3) is 0.0556. The summed E-state index contributed by atoms with van der Waals surface area (Å²) in [5.41, 5.74) is 7.64. The number of hydrogen-bond donors (Lipinski definition) is 3. The van der Waals surface area contributed by atoms with Crippen LogP contribution in [0.15, 0.2) is 52.9 Å². The first-order chi connectivity index (χ1) is 13.5. The summed E-state index contributed by atoms with van der Waals surface area (Å²) in [6.45, 7) is 0. The molecule has 0 atom stereocenters. The Morgan fingerprint density at radius 3 is 2.43 bits per heavy atom. The summed E-state index contributed by atoms with van der Waals surface area (Å²) in [5, 5.41) is 22.4. The number of primary amides is 1. The van der Waals surface area contributed by atoms with Crippen LogP contribution >= 0.6 is 23.1 Å². The van der Waals surface area contributed by atoms with Crippen LogP contribution in [0.5, 0.6) is 0 Å². The summed E-state index contributed by atoms with van der Waals surface area (Å²) >= 11 is 2.77. The van der Waals surface area contributed by atoms with Crippen LogP contribution in [0.3, 0.4) is 0 Å². The number of urea groups is 1. The van der Waals surface area contributed by atoms with Gasteiger partial charge in [-0.05, 0) is 42.0 Å². The average Bonchev–Trinajstić information content (AvgIpc) is 3.14. The van der Waals surface area contributed by atoms with Crippen molar-refractivity contribution in [2.75, 3.05) is 10.6 Å². The fourth-order valence-electron chi connectivity index (χ4n) is 2.16. The predicted octanol–water partition coefficient (Wildman–Crippen LogP) is 3.44. The molecule has 3 rings (SSSR count). The number of amides is 3. The number of benzene rings is 2. The van der Waals surface area contributed by atoms with E-state index < -0.39 is 6.03 Å². The Bertz CT molecular complexity index is 1030. The normalized spacial score (nSPS) is 10.1. The van der Waals surface area contributed by atoms with Crippen molar-refractivity contribution in [3.8, 4) is 6.07 Å². The van der Waals surface area contributed by atoms with Crippen molar-refractivity contribution in [2.45, 2.75) is 10.1 Å². The number of thioether (sulfide) groups is 1. The van der Waals surface area contributed by atoms with E-state index >= 15 is 0 Å². The van der Waals surface area contributed by atoms with Crippen molar-refractivity contribution in [3.05, 3.63) is 65.2 Å². The minimum Gasteiger partial charge on any atom is -0.351 e. The summed E-state index contributed by atoms with van der Waals surface area (Å²) in [5.74, 6) is 0.355. The first kappa shape index (κ1) is 19.3. The largest absolute Gasteiger partial charge is 0.351 e.